The van der Waals surface area contributed by atoms with Gasteiger partial charge in [-0.05, 0) is 49.2 Å². The van der Waals surface area contributed by atoms with Crippen LogP contribution in [0.15, 0.2) is 66.7 Å². The van der Waals surface area contributed by atoms with Gasteiger partial charge in [-0.25, -0.2) is 15.0 Å². The fourth-order valence-electron chi connectivity index (χ4n) is 3.62. The molecule has 0 aliphatic heterocycles. The molecule has 36 heavy (non-hydrogen) atoms. The lowest BCUT2D eigenvalue weighted by Gasteiger charge is -2.15. The van der Waals surface area contributed by atoms with E-state index in [-0.39, 0.29) is 11.5 Å². The zero-order valence-corrected chi connectivity index (χ0v) is 20.6. The van der Waals surface area contributed by atoms with Crippen molar-refractivity contribution in [1.29, 1.82) is 0 Å². The standard InChI is InChI=1S/C29H31N3O4/c1-3-5-17-35-20-15-16-23(26(19-20)36-18-6-4-2)29-31-27(21-11-7-9-13-24(21)33)30-28(32-29)22-12-8-10-14-25(22)34/h7-16,19,33-34H,3-6,17-18H2,1-2H3. The molecule has 4 aromatic rings. The van der Waals surface area contributed by atoms with Crippen molar-refractivity contribution >= 4 is 0 Å². The third-order valence-corrected chi connectivity index (χ3v) is 5.64. The normalized spacial score (nSPS) is 10.8. The van der Waals surface area contributed by atoms with Crippen molar-refractivity contribution < 1.29 is 19.7 Å². The molecule has 0 atom stereocenters. The summed E-state index contributed by atoms with van der Waals surface area (Å²) in [5, 5.41) is 21.0. The maximum absolute atomic E-state index is 10.5. The van der Waals surface area contributed by atoms with Crippen LogP contribution in [-0.4, -0.2) is 38.4 Å². The van der Waals surface area contributed by atoms with Crippen molar-refractivity contribution in [2.45, 2.75) is 39.5 Å². The Balaban J connectivity index is 1.85. The second-order valence-corrected chi connectivity index (χ2v) is 8.40. The Morgan fingerprint density at radius 3 is 1.64 bits per heavy atom. The second kappa shape index (κ2) is 12.0. The molecule has 1 heterocycles. The minimum absolute atomic E-state index is 0.0528. The maximum atomic E-state index is 10.5. The van der Waals surface area contributed by atoms with Gasteiger partial charge in [-0.1, -0.05) is 51.0 Å². The molecule has 0 aliphatic rings. The van der Waals surface area contributed by atoms with Crippen molar-refractivity contribution in [1.82, 2.24) is 15.0 Å². The minimum atomic E-state index is 0.0528. The topological polar surface area (TPSA) is 97.6 Å². The molecule has 0 fully saturated rings. The summed E-state index contributed by atoms with van der Waals surface area (Å²) in [6, 6.07) is 19.4. The highest BCUT2D eigenvalue weighted by Crippen LogP contribution is 2.36. The van der Waals surface area contributed by atoms with E-state index in [0.717, 1.165) is 31.4 Å². The molecule has 4 rings (SSSR count). The summed E-state index contributed by atoms with van der Waals surface area (Å²) in [5.74, 6) is 2.38. The highest BCUT2D eigenvalue weighted by Gasteiger charge is 2.19. The minimum Gasteiger partial charge on any atom is -0.507 e. The van der Waals surface area contributed by atoms with Crippen LogP contribution in [0.4, 0.5) is 0 Å². The SMILES string of the molecule is CCCCOc1ccc(-c2nc(-c3ccccc3O)nc(-c3ccccc3O)n2)c(OCCCC)c1. The summed E-state index contributed by atoms with van der Waals surface area (Å²) in [7, 11) is 0. The van der Waals surface area contributed by atoms with Crippen LogP contribution in [0.25, 0.3) is 34.2 Å². The lowest BCUT2D eigenvalue weighted by atomic mass is 10.1. The highest BCUT2D eigenvalue weighted by molar-refractivity contribution is 5.73. The number of nitrogens with zero attached hydrogens (tertiary/aromatic N) is 3. The summed E-state index contributed by atoms with van der Waals surface area (Å²) in [6.45, 7) is 5.41. The van der Waals surface area contributed by atoms with Crippen LogP contribution >= 0.6 is 0 Å². The first kappa shape index (κ1) is 25.0. The molecule has 0 amide bonds. The first-order valence-corrected chi connectivity index (χ1v) is 12.3. The number of hydrogen-bond acceptors (Lipinski definition) is 7. The van der Waals surface area contributed by atoms with Gasteiger partial charge in [0.2, 0.25) is 0 Å². The molecule has 1 aromatic heterocycles. The monoisotopic (exact) mass is 485 g/mol. The van der Waals surface area contributed by atoms with Crippen LogP contribution in [0.2, 0.25) is 0 Å². The van der Waals surface area contributed by atoms with E-state index in [4.69, 9.17) is 19.4 Å². The number of ether oxygens (including phenoxy) is 2. The molecule has 7 heteroatoms. The van der Waals surface area contributed by atoms with Gasteiger partial charge in [0.05, 0.1) is 29.9 Å². The van der Waals surface area contributed by atoms with E-state index in [9.17, 15) is 10.2 Å². The number of phenolic OH excluding ortho intramolecular Hbond substituents is 2. The number of benzene rings is 3. The maximum Gasteiger partial charge on any atom is 0.167 e. The molecule has 0 spiro atoms. The molecule has 3 aromatic carbocycles. The van der Waals surface area contributed by atoms with Gasteiger partial charge in [0.1, 0.15) is 23.0 Å². The van der Waals surface area contributed by atoms with E-state index in [1.807, 2.05) is 18.2 Å². The van der Waals surface area contributed by atoms with E-state index in [2.05, 4.69) is 18.8 Å². The van der Waals surface area contributed by atoms with E-state index >= 15 is 0 Å². The Bertz CT molecular complexity index is 1250. The predicted octanol–water partition coefficient (Wildman–Crippen LogP) is 6.64. The van der Waals surface area contributed by atoms with Crippen LogP contribution in [0.1, 0.15) is 39.5 Å². The number of aromatic nitrogens is 3. The Morgan fingerprint density at radius 1 is 0.611 bits per heavy atom. The molecular formula is C29H31N3O4. The molecule has 0 saturated heterocycles. The second-order valence-electron chi connectivity index (χ2n) is 8.40. The molecule has 0 saturated carbocycles. The van der Waals surface area contributed by atoms with Gasteiger partial charge in [0.25, 0.3) is 0 Å². The number of unbranched alkanes of at least 4 members (excludes halogenated alkanes) is 2. The Kier molecular flexibility index (Phi) is 8.34. The Morgan fingerprint density at radius 2 is 1.11 bits per heavy atom. The molecule has 0 aliphatic carbocycles. The molecular weight excluding hydrogens is 454 g/mol. The average molecular weight is 486 g/mol. The van der Waals surface area contributed by atoms with Gasteiger partial charge >= 0.3 is 0 Å². The van der Waals surface area contributed by atoms with Crippen LogP contribution in [0.5, 0.6) is 23.0 Å². The molecule has 2 N–H and O–H groups in total. The van der Waals surface area contributed by atoms with Crippen molar-refractivity contribution in [2.75, 3.05) is 13.2 Å². The molecule has 0 bridgehead atoms. The van der Waals surface area contributed by atoms with Crippen LogP contribution < -0.4 is 9.47 Å². The van der Waals surface area contributed by atoms with Crippen LogP contribution in [0.3, 0.4) is 0 Å². The number of aromatic hydroxyl groups is 2. The van der Waals surface area contributed by atoms with E-state index in [0.29, 0.717) is 53.1 Å². The van der Waals surface area contributed by atoms with Crippen LogP contribution in [0, 0.1) is 0 Å². The van der Waals surface area contributed by atoms with Crippen molar-refractivity contribution in [3.63, 3.8) is 0 Å². The summed E-state index contributed by atoms with van der Waals surface area (Å²) in [4.78, 5) is 14.0. The highest BCUT2D eigenvalue weighted by atomic mass is 16.5. The number of rotatable bonds is 11. The van der Waals surface area contributed by atoms with Crippen molar-refractivity contribution in [3.05, 3.63) is 66.7 Å². The van der Waals surface area contributed by atoms with Gasteiger partial charge in [-0.15, -0.1) is 0 Å². The predicted molar refractivity (Wildman–Crippen MR) is 140 cm³/mol. The fraction of sp³-hybridized carbons (Fsp3) is 0.276. The number of hydrogen-bond donors (Lipinski definition) is 2. The average Bonchev–Trinajstić information content (AvgIpc) is 2.89. The molecule has 0 unspecified atom stereocenters. The Hall–Kier alpha value is -4.13. The lowest BCUT2D eigenvalue weighted by Crippen LogP contribution is -2.04. The van der Waals surface area contributed by atoms with Gasteiger partial charge in [0.15, 0.2) is 17.5 Å². The largest absolute Gasteiger partial charge is 0.507 e. The first-order chi connectivity index (χ1) is 17.6. The summed E-state index contributed by atoms with van der Waals surface area (Å²) < 4.78 is 12.0. The Labute approximate surface area is 211 Å². The summed E-state index contributed by atoms with van der Waals surface area (Å²) in [6.07, 6.45) is 3.93. The van der Waals surface area contributed by atoms with Gasteiger partial charge < -0.3 is 19.7 Å². The van der Waals surface area contributed by atoms with E-state index < -0.39 is 0 Å². The zero-order valence-electron chi connectivity index (χ0n) is 20.6. The lowest BCUT2D eigenvalue weighted by molar-refractivity contribution is 0.295. The van der Waals surface area contributed by atoms with E-state index in [1.165, 1.54) is 0 Å². The first-order valence-electron chi connectivity index (χ1n) is 12.3. The summed E-state index contributed by atoms with van der Waals surface area (Å²) in [5.41, 5.74) is 1.60. The van der Waals surface area contributed by atoms with Crippen molar-refractivity contribution in [3.8, 4) is 57.2 Å². The zero-order chi connectivity index (χ0) is 25.3. The third kappa shape index (κ3) is 5.92. The van der Waals surface area contributed by atoms with E-state index in [1.54, 1.807) is 48.5 Å². The fourth-order valence-corrected chi connectivity index (χ4v) is 3.62. The number of phenols is 2. The smallest absolute Gasteiger partial charge is 0.167 e. The van der Waals surface area contributed by atoms with Gasteiger partial charge in [-0.2, -0.15) is 0 Å². The summed E-state index contributed by atoms with van der Waals surface area (Å²) >= 11 is 0. The van der Waals surface area contributed by atoms with Gasteiger partial charge in [0, 0.05) is 6.07 Å². The van der Waals surface area contributed by atoms with Gasteiger partial charge in [-0.3, -0.25) is 0 Å². The molecule has 186 valence electrons. The molecule has 7 nitrogen and oxygen atoms in total. The van der Waals surface area contributed by atoms with Crippen molar-refractivity contribution in [2.24, 2.45) is 0 Å². The molecule has 0 radical (unpaired) electrons. The number of para-hydroxylation sites is 2. The van der Waals surface area contributed by atoms with Crippen LogP contribution in [-0.2, 0) is 0 Å². The third-order valence-electron chi connectivity index (χ3n) is 5.64. The quantitative estimate of drug-likeness (QED) is 0.230.